The predicted molar refractivity (Wildman–Crippen MR) is 75.2 cm³/mol. The Morgan fingerprint density at radius 1 is 1.37 bits per heavy atom. The first-order valence-electron chi connectivity index (χ1n) is 6.45. The number of aryl methyl sites for hydroxylation is 1. The van der Waals surface area contributed by atoms with E-state index in [9.17, 15) is 9.90 Å². The summed E-state index contributed by atoms with van der Waals surface area (Å²) in [6.07, 6.45) is -0.702. The van der Waals surface area contributed by atoms with Crippen LogP contribution in [0.15, 0.2) is 24.3 Å². The summed E-state index contributed by atoms with van der Waals surface area (Å²) in [5.41, 5.74) is 1.34. The number of carbonyl (C=O) groups is 1. The maximum absolute atomic E-state index is 11.8. The summed E-state index contributed by atoms with van der Waals surface area (Å²) in [6, 6.07) is 7.24. The Morgan fingerprint density at radius 3 is 2.58 bits per heavy atom. The van der Waals surface area contributed by atoms with Gasteiger partial charge in [0.1, 0.15) is 12.7 Å². The average Bonchev–Trinajstić information content (AvgIpc) is 2.33. The molecule has 0 unspecified atom stereocenters. The third-order valence-electron chi connectivity index (χ3n) is 2.64. The molecule has 0 heterocycles. The summed E-state index contributed by atoms with van der Waals surface area (Å²) in [5, 5.41) is 12.9. The van der Waals surface area contributed by atoms with Gasteiger partial charge in [-0.2, -0.15) is 0 Å². The number of nitrogens with one attached hydrogen (secondary N) is 1. The van der Waals surface area contributed by atoms with Crippen LogP contribution in [-0.4, -0.2) is 35.9 Å². The van der Waals surface area contributed by atoms with E-state index in [1.807, 2.05) is 39.8 Å². The molecule has 4 heteroatoms. The molecule has 19 heavy (non-hydrogen) atoms. The zero-order valence-electron chi connectivity index (χ0n) is 12.1. The highest BCUT2D eigenvalue weighted by molar-refractivity contribution is 5.90. The summed E-state index contributed by atoms with van der Waals surface area (Å²) >= 11 is 0. The Kier molecular flexibility index (Phi) is 5.51. The van der Waals surface area contributed by atoms with Crippen molar-refractivity contribution in [2.45, 2.75) is 39.3 Å². The van der Waals surface area contributed by atoms with E-state index in [1.54, 1.807) is 12.1 Å². The minimum atomic E-state index is -0.702. The largest absolute Gasteiger partial charge is 0.459 e. The van der Waals surface area contributed by atoms with Crippen LogP contribution in [0, 0.1) is 6.92 Å². The molecule has 0 aliphatic carbocycles. The Bertz CT molecular complexity index is 424. The zero-order valence-corrected chi connectivity index (χ0v) is 12.1. The fourth-order valence-corrected chi connectivity index (χ4v) is 1.53. The van der Waals surface area contributed by atoms with Crippen LogP contribution in [0.1, 0.15) is 36.7 Å². The maximum atomic E-state index is 11.8. The van der Waals surface area contributed by atoms with E-state index in [0.717, 1.165) is 5.56 Å². The van der Waals surface area contributed by atoms with Crippen LogP contribution in [0.25, 0.3) is 0 Å². The molecule has 0 amide bonds. The molecule has 0 bridgehead atoms. The summed E-state index contributed by atoms with van der Waals surface area (Å²) in [7, 11) is 0. The Morgan fingerprint density at radius 2 is 2.00 bits per heavy atom. The molecule has 106 valence electrons. The second kappa shape index (κ2) is 6.68. The van der Waals surface area contributed by atoms with E-state index in [2.05, 4.69) is 5.32 Å². The molecule has 0 aliphatic rings. The van der Waals surface area contributed by atoms with Crippen molar-refractivity contribution in [3.05, 3.63) is 35.4 Å². The van der Waals surface area contributed by atoms with Gasteiger partial charge in [-0.1, -0.05) is 18.2 Å². The lowest BCUT2D eigenvalue weighted by Crippen LogP contribution is -2.42. The molecule has 1 atom stereocenters. The quantitative estimate of drug-likeness (QED) is 0.798. The highest BCUT2D eigenvalue weighted by atomic mass is 16.5. The summed E-state index contributed by atoms with van der Waals surface area (Å²) in [6.45, 7) is 8.28. The number of ether oxygens (including phenoxy) is 1. The van der Waals surface area contributed by atoms with Gasteiger partial charge < -0.3 is 15.2 Å². The Hall–Kier alpha value is -1.39. The van der Waals surface area contributed by atoms with E-state index < -0.39 is 12.1 Å². The highest BCUT2D eigenvalue weighted by Gasteiger charge is 2.15. The van der Waals surface area contributed by atoms with Crippen LogP contribution < -0.4 is 5.32 Å². The zero-order chi connectivity index (χ0) is 14.5. The molecule has 0 aromatic heterocycles. The van der Waals surface area contributed by atoms with Gasteiger partial charge in [0.25, 0.3) is 0 Å². The topological polar surface area (TPSA) is 58.6 Å². The van der Waals surface area contributed by atoms with E-state index in [4.69, 9.17) is 4.74 Å². The molecule has 2 N–H and O–H groups in total. The van der Waals surface area contributed by atoms with Gasteiger partial charge in [0.15, 0.2) is 0 Å². The Labute approximate surface area is 114 Å². The van der Waals surface area contributed by atoms with Gasteiger partial charge in [-0.15, -0.1) is 0 Å². The maximum Gasteiger partial charge on any atom is 0.338 e. The molecule has 0 radical (unpaired) electrons. The van der Waals surface area contributed by atoms with Crippen LogP contribution in [0.2, 0.25) is 0 Å². The Balaban J connectivity index is 2.41. The molecule has 1 rings (SSSR count). The van der Waals surface area contributed by atoms with Gasteiger partial charge >= 0.3 is 5.97 Å². The number of benzene rings is 1. The number of carbonyl (C=O) groups excluding carboxylic acids is 1. The van der Waals surface area contributed by atoms with Crippen molar-refractivity contribution < 1.29 is 14.6 Å². The van der Waals surface area contributed by atoms with Crippen molar-refractivity contribution >= 4 is 5.97 Å². The second-order valence-electron chi connectivity index (χ2n) is 5.70. The molecule has 1 aromatic rings. The van der Waals surface area contributed by atoms with E-state index in [0.29, 0.717) is 12.1 Å². The first kappa shape index (κ1) is 15.7. The number of β-amino-alcohol motifs (C(OH)–C–C–N with tert-alkyl or cyclic N) is 1. The molecule has 0 saturated carbocycles. The second-order valence-corrected chi connectivity index (χ2v) is 5.70. The number of rotatable bonds is 5. The predicted octanol–water partition coefficient (Wildman–Crippen LogP) is 1.90. The monoisotopic (exact) mass is 265 g/mol. The normalized spacial score (nSPS) is 13.1. The van der Waals surface area contributed by atoms with E-state index in [-0.39, 0.29) is 12.1 Å². The van der Waals surface area contributed by atoms with Crippen molar-refractivity contribution in [3.8, 4) is 0 Å². The van der Waals surface area contributed by atoms with Gasteiger partial charge in [0, 0.05) is 12.1 Å². The van der Waals surface area contributed by atoms with Gasteiger partial charge in [-0.3, -0.25) is 0 Å². The molecular formula is C15H23NO3. The number of hydrogen-bond acceptors (Lipinski definition) is 4. The van der Waals surface area contributed by atoms with Gasteiger partial charge in [-0.25, -0.2) is 4.79 Å². The smallest absolute Gasteiger partial charge is 0.338 e. The van der Waals surface area contributed by atoms with Crippen molar-refractivity contribution in [3.63, 3.8) is 0 Å². The number of esters is 1. The number of aliphatic hydroxyl groups excluding tert-OH is 1. The lowest BCUT2D eigenvalue weighted by Gasteiger charge is -2.22. The SMILES string of the molecule is Cc1ccccc1C(=O)OC[C@H](O)CNC(C)(C)C. The molecule has 0 saturated heterocycles. The van der Waals surface area contributed by atoms with Crippen LogP contribution in [-0.2, 0) is 4.74 Å². The third-order valence-corrected chi connectivity index (χ3v) is 2.64. The van der Waals surface area contributed by atoms with Crippen molar-refractivity contribution in [2.24, 2.45) is 0 Å². The summed E-state index contributed by atoms with van der Waals surface area (Å²) < 4.78 is 5.11. The lowest BCUT2D eigenvalue weighted by atomic mass is 10.1. The van der Waals surface area contributed by atoms with Gasteiger partial charge in [0.2, 0.25) is 0 Å². The number of hydrogen-bond donors (Lipinski definition) is 2. The van der Waals surface area contributed by atoms with Crippen molar-refractivity contribution in [1.82, 2.24) is 5.32 Å². The molecule has 0 fully saturated rings. The minimum Gasteiger partial charge on any atom is -0.459 e. The first-order valence-corrected chi connectivity index (χ1v) is 6.45. The van der Waals surface area contributed by atoms with Crippen LogP contribution >= 0.6 is 0 Å². The minimum absolute atomic E-state index is 0.00372. The van der Waals surface area contributed by atoms with Crippen molar-refractivity contribution in [1.29, 1.82) is 0 Å². The van der Waals surface area contributed by atoms with E-state index >= 15 is 0 Å². The van der Waals surface area contributed by atoms with E-state index in [1.165, 1.54) is 0 Å². The highest BCUT2D eigenvalue weighted by Crippen LogP contribution is 2.08. The molecule has 0 aliphatic heterocycles. The molecule has 0 spiro atoms. The number of aliphatic hydroxyl groups is 1. The van der Waals surface area contributed by atoms with Gasteiger partial charge in [0.05, 0.1) is 5.56 Å². The third kappa shape index (κ3) is 5.85. The van der Waals surface area contributed by atoms with Crippen LogP contribution in [0.3, 0.4) is 0 Å². The van der Waals surface area contributed by atoms with Crippen molar-refractivity contribution in [2.75, 3.05) is 13.2 Å². The molecular weight excluding hydrogens is 242 g/mol. The standard InChI is InChI=1S/C15H23NO3/c1-11-7-5-6-8-13(11)14(18)19-10-12(17)9-16-15(2,3)4/h5-8,12,16-17H,9-10H2,1-4H3/t12-/m1/s1. The first-order chi connectivity index (χ1) is 8.79. The van der Waals surface area contributed by atoms with Crippen LogP contribution in [0.4, 0.5) is 0 Å². The van der Waals surface area contributed by atoms with Crippen LogP contribution in [0.5, 0.6) is 0 Å². The van der Waals surface area contributed by atoms with Gasteiger partial charge in [-0.05, 0) is 39.3 Å². The molecule has 4 nitrogen and oxygen atoms in total. The lowest BCUT2D eigenvalue weighted by molar-refractivity contribution is 0.0246. The summed E-state index contributed by atoms with van der Waals surface area (Å²) in [5.74, 6) is -0.395. The fraction of sp³-hybridized carbons (Fsp3) is 0.533. The fourth-order valence-electron chi connectivity index (χ4n) is 1.53. The average molecular weight is 265 g/mol. The summed E-state index contributed by atoms with van der Waals surface area (Å²) in [4.78, 5) is 11.8. The molecule has 1 aromatic carbocycles.